The highest BCUT2D eigenvalue weighted by molar-refractivity contribution is 5.93. The van der Waals surface area contributed by atoms with Crippen molar-refractivity contribution in [3.8, 4) is 0 Å². The van der Waals surface area contributed by atoms with Gasteiger partial charge in [-0.05, 0) is 28.5 Å². The molecule has 0 fully saturated rings. The average molecular weight is 281 g/mol. The fraction of sp³-hybridized carbons (Fsp3) is 0.118. The molecule has 1 amide bonds. The van der Waals surface area contributed by atoms with Crippen molar-refractivity contribution in [2.45, 2.75) is 6.10 Å². The standard InChI is InChI=1S/C17H15NO3/c19-16(10-18-17(20)15-7-8-21-11-15)14-6-5-12-3-1-2-4-13(12)9-14/h1-9,11,16,19H,10H2,(H,18,20)/t16-/m0/s1. The van der Waals surface area contributed by atoms with Crippen molar-refractivity contribution in [1.82, 2.24) is 5.32 Å². The number of carbonyl (C=O) groups excluding carboxylic acids is 1. The Morgan fingerprint density at radius 3 is 2.71 bits per heavy atom. The predicted molar refractivity (Wildman–Crippen MR) is 79.9 cm³/mol. The van der Waals surface area contributed by atoms with Crippen LogP contribution < -0.4 is 5.32 Å². The molecule has 21 heavy (non-hydrogen) atoms. The van der Waals surface area contributed by atoms with Gasteiger partial charge >= 0.3 is 0 Å². The highest BCUT2D eigenvalue weighted by Gasteiger charge is 2.12. The number of fused-ring (bicyclic) bond motifs is 1. The fourth-order valence-corrected chi connectivity index (χ4v) is 2.22. The molecule has 106 valence electrons. The van der Waals surface area contributed by atoms with Gasteiger partial charge in [0.1, 0.15) is 6.26 Å². The lowest BCUT2D eigenvalue weighted by Gasteiger charge is -2.12. The molecule has 1 aromatic heterocycles. The second-order valence-corrected chi connectivity index (χ2v) is 4.84. The minimum atomic E-state index is -0.745. The molecule has 0 aliphatic rings. The lowest BCUT2D eigenvalue weighted by atomic mass is 10.0. The van der Waals surface area contributed by atoms with Crippen LogP contribution in [0.25, 0.3) is 10.8 Å². The predicted octanol–water partition coefficient (Wildman–Crippen LogP) is 2.90. The Balaban J connectivity index is 1.69. The number of hydrogen-bond donors (Lipinski definition) is 2. The molecule has 0 bridgehead atoms. The fourth-order valence-electron chi connectivity index (χ4n) is 2.22. The third kappa shape index (κ3) is 2.95. The first kappa shape index (κ1) is 13.4. The van der Waals surface area contributed by atoms with Gasteiger partial charge in [-0.2, -0.15) is 0 Å². The number of aliphatic hydroxyl groups is 1. The molecule has 4 heteroatoms. The largest absolute Gasteiger partial charge is 0.472 e. The van der Waals surface area contributed by atoms with E-state index in [2.05, 4.69) is 5.32 Å². The maximum absolute atomic E-state index is 11.8. The second kappa shape index (κ2) is 5.81. The van der Waals surface area contributed by atoms with Crippen LogP contribution in [0.15, 0.2) is 65.5 Å². The molecule has 0 aliphatic carbocycles. The van der Waals surface area contributed by atoms with Crippen molar-refractivity contribution < 1.29 is 14.3 Å². The van der Waals surface area contributed by atoms with Crippen LogP contribution in [0.1, 0.15) is 22.0 Å². The molecule has 2 N–H and O–H groups in total. The summed E-state index contributed by atoms with van der Waals surface area (Å²) in [5.41, 5.74) is 1.22. The van der Waals surface area contributed by atoms with Gasteiger partial charge in [-0.15, -0.1) is 0 Å². The summed E-state index contributed by atoms with van der Waals surface area (Å²) in [4.78, 5) is 11.8. The summed E-state index contributed by atoms with van der Waals surface area (Å²) in [7, 11) is 0. The van der Waals surface area contributed by atoms with E-state index in [-0.39, 0.29) is 12.5 Å². The van der Waals surface area contributed by atoms with E-state index in [0.717, 1.165) is 16.3 Å². The average Bonchev–Trinajstić information content (AvgIpc) is 3.06. The van der Waals surface area contributed by atoms with Gasteiger partial charge < -0.3 is 14.8 Å². The molecule has 0 unspecified atom stereocenters. The normalized spacial score (nSPS) is 12.2. The number of amides is 1. The van der Waals surface area contributed by atoms with E-state index in [0.29, 0.717) is 5.56 Å². The van der Waals surface area contributed by atoms with Crippen molar-refractivity contribution in [2.24, 2.45) is 0 Å². The van der Waals surface area contributed by atoms with Crippen molar-refractivity contribution >= 4 is 16.7 Å². The van der Waals surface area contributed by atoms with E-state index in [4.69, 9.17) is 4.42 Å². The van der Waals surface area contributed by atoms with Crippen molar-refractivity contribution in [2.75, 3.05) is 6.54 Å². The van der Waals surface area contributed by atoms with E-state index in [1.165, 1.54) is 12.5 Å². The quantitative estimate of drug-likeness (QED) is 0.773. The van der Waals surface area contributed by atoms with Crippen molar-refractivity contribution in [3.63, 3.8) is 0 Å². The first-order valence-corrected chi connectivity index (χ1v) is 6.71. The Labute approximate surface area is 122 Å². The highest BCUT2D eigenvalue weighted by atomic mass is 16.3. The molecule has 3 rings (SSSR count). The topological polar surface area (TPSA) is 62.5 Å². The van der Waals surface area contributed by atoms with Gasteiger partial charge in [-0.1, -0.05) is 36.4 Å². The third-order valence-corrected chi connectivity index (χ3v) is 3.40. The smallest absolute Gasteiger partial charge is 0.254 e. The van der Waals surface area contributed by atoms with Gasteiger partial charge in [-0.3, -0.25) is 4.79 Å². The molecule has 2 aromatic carbocycles. The molecule has 0 saturated heterocycles. The Kier molecular flexibility index (Phi) is 3.71. The first-order chi connectivity index (χ1) is 10.2. The number of hydrogen-bond acceptors (Lipinski definition) is 3. The zero-order chi connectivity index (χ0) is 14.7. The van der Waals surface area contributed by atoms with Gasteiger partial charge in [0, 0.05) is 6.54 Å². The minimum Gasteiger partial charge on any atom is -0.472 e. The Hall–Kier alpha value is -2.59. The molecule has 0 aliphatic heterocycles. The van der Waals surface area contributed by atoms with Gasteiger partial charge in [0.15, 0.2) is 0 Å². The van der Waals surface area contributed by atoms with Crippen LogP contribution in [-0.4, -0.2) is 17.6 Å². The summed E-state index contributed by atoms with van der Waals surface area (Å²) in [6.45, 7) is 0.155. The maximum Gasteiger partial charge on any atom is 0.254 e. The van der Waals surface area contributed by atoms with E-state index < -0.39 is 6.10 Å². The number of aliphatic hydroxyl groups excluding tert-OH is 1. The van der Waals surface area contributed by atoms with Crippen molar-refractivity contribution in [1.29, 1.82) is 0 Å². The van der Waals surface area contributed by atoms with Crippen LogP contribution in [0, 0.1) is 0 Å². The molecular formula is C17H15NO3. The van der Waals surface area contributed by atoms with Gasteiger partial charge in [0.05, 0.1) is 17.9 Å². The number of nitrogens with one attached hydrogen (secondary N) is 1. The number of benzene rings is 2. The van der Waals surface area contributed by atoms with E-state index in [9.17, 15) is 9.90 Å². The molecule has 3 aromatic rings. The van der Waals surface area contributed by atoms with Crippen LogP contribution in [0.5, 0.6) is 0 Å². The van der Waals surface area contributed by atoms with E-state index >= 15 is 0 Å². The summed E-state index contributed by atoms with van der Waals surface area (Å²) >= 11 is 0. The molecule has 0 spiro atoms. The molecule has 1 heterocycles. The Bertz CT molecular complexity index is 750. The maximum atomic E-state index is 11.8. The number of rotatable bonds is 4. The second-order valence-electron chi connectivity index (χ2n) is 4.84. The third-order valence-electron chi connectivity index (χ3n) is 3.40. The van der Waals surface area contributed by atoms with E-state index in [1.54, 1.807) is 6.07 Å². The van der Waals surface area contributed by atoms with Crippen molar-refractivity contribution in [3.05, 3.63) is 72.2 Å². The molecule has 0 saturated carbocycles. The molecule has 0 radical (unpaired) electrons. The zero-order valence-corrected chi connectivity index (χ0v) is 11.3. The number of furan rings is 1. The highest BCUT2D eigenvalue weighted by Crippen LogP contribution is 2.20. The van der Waals surface area contributed by atoms with Gasteiger partial charge in [0.2, 0.25) is 0 Å². The summed E-state index contributed by atoms with van der Waals surface area (Å²) in [5, 5.41) is 15.1. The van der Waals surface area contributed by atoms with Crippen LogP contribution in [0.2, 0.25) is 0 Å². The lowest BCUT2D eigenvalue weighted by Crippen LogP contribution is -2.28. The van der Waals surface area contributed by atoms with Gasteiger partial charge in [-0.25, -0.2) is 0 Å². The van der Waals surface area contributed by atoms with Crippen LogP contribution >= 0.6 is 0 Å². The Morgan fingerprint density at radius 2 is 1.95 bits per heavy atom. The first-order valence-electron chi connectivity index (χ1n) is 6.71. The number of carbonyl (C=O) groups is 1. The van der Waals surface area contributed by atoms with Crippen LogP contribution in [-0.2, 0) is 0 Å². The molecular weight excluding hydrogens is 266 g/mol. The summed E-state index contributed by atoms with van der Waals surface area (Å²) < 4.78 is 4.85. The molecule has 1 atom stereocenters. The van der Waals surface area contributed by atoms with Crippen LogP contribution in [0.3, 0.4) is 0 Å². The van der Waals surface area contributed by atoms with Crippen LogP contribution in [0.4, 0.5) is 0 Å². The SMILES string of the molecule is O=C(NC[C@H](O)c1ccc2ccccc2c1)c1ccoc1. The summed E-state index contributed by atoms with van der Waals surface area (Å²) in [6.07, 6.45) is 2.07. The molecule has 4 nitrogen and oxygen atoms in total. The van der Waals surface area contributed by atoms with Gasteiger partial charge in [0.25, 0.3) is 5.91 Å². The summed E-state index contributed by atoms with van der Waals surface area (Å²) in [6, 6.07) is 15.3. The Morgan fingerprint density at radius 1 is 1.14 bits per heavy atom. The van der Waals surface area contributed by atoms with E-state index in [1.807, 2.05) is 42.5 Å². The minimum absolute atomic E-state index is 0.155. The monoisotopic (exact) mass is 281 g/mol. The summed E-state index contributed by atoms with van der Waals surface area (Å²) in [5.74, 6) is -0.261. The zero-order valence-electron chi connectivity index (χ0n) is 11.3. The lowest BCUT2D eigenvalue weighted by molar-refractivity contribution is 0.0916.